The molecule has 26 heavy (non-hydrogen) atoms. The Hall–Kier alpha value is -2.42. The molecule has 8 nitrogen and oxygen atoms in total. The number of aromatic nitrogens is 3. The van der Waals surface area contributed by atoms with Gasteiger partial charge >= 0.3 is 5.69 Å². The van der Waals surface area contributed by atoms with Gasteiger partial charge in [-0.3, -0.25) is 9.36 Å². The molecule has 1 aromatic heterocycles. The second-order valence-electron chi connectivity index (χ2n) is 5.98. The molecule has 0 radical (unpaired) electrons. The Kier molecular flexibility index (Phi) is 5.87. The Labute approximate surface area is 155 Å². The van der Waals surface area contributed by atoms with Gasteiger partial charge in [-0.05, 0) is 31.0 Å². The van der Waals surface area contributed by atoms with E-state index in [0.717, 1.165) is 18.4 Å². The SMILES string of the molecule is CCCCn1c(SC(C)C(=O)NCc2ccc3c(c2)OCO3)n[nH]c1=O. The molecule has 0 spiro atoms. The average molecular weight is 378 g/mol. The topological polar surface area (TPSA) is 98.2 Å². The normalized spacial score (nSPS) is 13.6. The highest BCUT2D eigenvalue weighted by atomic mass is 32.2. The van der Waals surface area contributed by atoms with E-state index in [2.05, 4.69) is 22.4 Å². The standard InChI is InChI=1S/C17H22N4O4S/c1-3-4-7-21-16(23)19-20-17(21)26-11(2)15(22)18-9-12-5-6-13-14(8-12)25-10-24-13/h5-6,8,11H,3-4,7,9-10H2,1-2H3,(H,18,22)(H,19,23). The summed E-state index contributed by atoms with van der Waals surface area (Å²) in [6.45, 7) is 5.07. The van der Waals surface area contributed by atoms with Gasteiger partial charge in [0, 0.05) is 13.1 Å². The summed E-state index contributed by atoms with van der Waals surface area (Å²) in [5, 5.41) is 9.54. The van der Waals surface area contributed by atoms with E-state index in [-0.39, 0.29) is 23.6 Å². The second kappa shape index (κ2) is 8.31. The fourth-order valence-corrected chi connectivity index (χ4v) is 3.41. The zero-order chi connectivity index (χ0) is 18.5. The average Bonchev–Trinajstić information content (AvgIpc) is 3.24. The third-order valence-corrected chi connectivity index (χ3v) is 5.10. The summed E-state index contributed by atoms with van der Waals surface area (Å²) in [6.07, 6.45) is 1.87. The van der Waals surface area contributed by atoms with E-state index in [1.807, 2.05) is 18.2 Å². The Morgan fingerprint density at radius 1 is 1.42 bits per heavy atom. The molecule has 1 atom stereocenters. The number of H-pyrrole nitrogens is 1. The molecule has 1 amide bonds. The van der Waals surface area contributed by atoms with Crippen molar-refractivity contribution in [3.8, 4) is 11.5 Å². The Balaban J connectivity index is 1.56. The molecular formula is C17H22N4O4S. The maximum atomic E-state index is 12.4. The molecule has 1 unspecified atom stereocenters. The molecule has 1 aliphatic heterocycles. The lowest BCUT2D eigenvalue weighted by atomic mass is 10.2. The van der Waals surface area contributed by atoms with Gasteiger partial charge in [0.2, 0.25) is 12.7 Å². The largest absolute Gasteiger partial charge is 0.454 e. The number of benzene rings is 1. The lowest BCUT2D eigenvalue weighted by Crippen LogP contribution is -2.30. The van der Waals surface area contributed by atoms with E-state index in [9.17, 15) is 9.59 Å². The third kappa shape index (κ3) is 4.21. The quantitative estimate of drug-likeness (QED) is 0.681. The maximum Gasteiger partial charge on any atom is 0.343 e. The molecule has 140 valence electrons. The third-order valence-electron chi connectivity index (χ3n) is 4.01. The minimum Gasteiger partial charge on any atom is -0.454 e. The Morgan fingerprint density at radius 2 is 2.23 bits per heavy atom. The van der Waals surface area contributed by atoms with Crippen LogP contribution in [0.15, 0.2) is 28.2 Å². The van der Waals surface area contributed by atoms with Gasteiger partial charge in [-0.15, -0.1) is 5.10 Å². The van der Waals surface area contributed by atoms with Crippen molar-refractivity contribution in [1.82, 2.24) is 20.1 Å². The number of hydrogen-bond donors (Lipinski definition) is 2. The number of unbranched alkanes of at least 4 members (excludes halogenated alkanes) is 1. The first-order valence-corrected chi connectivity index (χ1v) is 9.44. The minimum atomic E-state index is -0.375. The van der Waals surface area contributed by atoms with Crippen molar-refractivity contribution in [2.75, 3.05) is 6.79 Å². The first-order chi connectivity index (χ1) is 12.6. The number of carbonyl (C=O) groups excluding carboxylic acids is 1. The highest BCUT2D eigenvalue weighted by Crippen LogP contribution is 2.32. The number of carbonyl (C=O) groups is 1. The molecule has 0 saturated carbocycles. The zero-order valence-corrected chi connectivity index (χ0v) is 15.6. The maximum absolute atomic E-state index is 12.4. The van der Waals surface area contributed by atoms with Crippen molar-refractivity contribution in [3.05, 3.63) is 34.2 Å². The summed E-state index contributed by atoms with van der Waals surface area (Å²) < 4.78 is 12.2. The van der Waals surface area contributed by atoms with Crippen LogP contribution in [0.4, 0.5) is 0 Å². The number of ether oxygens (including phenoxy) is 2. The molecule has 0 bridgehead atoms. The molecule has 3 rings (SSSR count). The Morgan fingerprint density at radius 3 is 3.04 bits per heavy atom. The first-order valence-electron chi connectivity index (χ1n) is 8.56. The fraction of sp³-hybridized carbons (Fsp3) is 0.471. The molecule has 1 aromatic carbocycles. The van der Waals surface area contributed by atoms with Crippen LogP contribution < -0.4 is 20.5 Å². The van der Waals surface area contributed by atoms with Crippen molar-refractivity contribution < 1.29 is 14.3 Å². The number of aromatic amines is 1. The molecule has 1 aliphatic rings. The molecule has 2 aromatic rings. The van der Waals surface area contributed by atoms with Crippen LogP contribution in [-0.4, -0.2) is 32.7 Å². The van der Waals surface area contributed by atoms with Crippen molar-refractivity contribution in [1.29, 1.82) is 0 Å². The number of nitrogens with zero attached hydrogens (tertiary/aromatic N) is 2. The highest BCUT2D eigenvalue weighted by Gasteiger charge is 2.19. The van der Waals surface area contributed by atoms with Gasteiger partial charge < -0.3 is 14.8 Å². The lowest BCUT2D eigenvalue weighted by molar-refractivity contribution is -0.120. The number of fused-ring (bicyclic) bond motifs is 1. The summed E-state index contributed by atoms with van der Waals surface area (Å²) in [5.74, 6) is 1.29. The van der Waals surface area contributed by atoms with Gasteiger partial charge in [0.05, 0.1) is 5.25 Å². The van der Waals surface area contributed by atoms with Gasteiger partial charge in [0.1, 0.15) is 0 Å². The van der Waals surface area contributed by atoms with Gasteiger partial charge in [-0.1, -0.05) is 31.2 Å². The van der Waals surface area contributed by atoms with Gasteiger partial charge in [-0.2, -0.15) is 0 Å². The fourth-order valence-electron chi connectivity index (χ4n) is 2.50. The van der Waals surface area contributed by atoms with E-state index >= 15 is 0 Å². The van der Waals surface area contributed by atoms with Crippen LogP contribution in [0.25, 0.3) is 0 Å². The molecule has 9 heteroatoms. The summed E-state index contributed by atoms with van der Waals surface area (Å²) >= 11 is 1.27. The molecule has 0 fully saturated rings. The van der Waals surface area contributed by atoms with Crippen molar-refractivity contribution >= 4 is 17.7 Å². The van der Waals surface area contributed by atoms with Crippen LogP contribution in [0.2, 0.25) is 0 Å². The van der Waals surface area contributed by atoms with E-state index in [1.165, 1.54) is 11.8 Å². The summed E-state index contributed by atoms with van der Waals surface area (Å²) in [5.41, 5.74) is 0.688. The van der Waals surface area contributed by atoms with E-state index in [4.69, 9.17) is 9.47 Å². The van der Waals surface area contributed by atoms with Crippen LogP contribution in [0.5, 0.6) is 11.5 Å². The number of hydrogen-bond acceptors (Lipinski definition) is 6. The van der Waals surface area contributed by atoms with Crippen LogP contribution in [0.1, 0.15) is 32.3 Å². The summed E-state index contributed by atoms with van der Waals surface area (Å²) in [4.78, 5) is 24.2. The summed E-state index contributed by atoms with van der Waals surface area (Å²) in [7, 11) is 0. The molecule has 0 saturated heterocycles. The van der Waals surface area contributed by atoms with E-state index in [1.54, 1.807) is 11.5 Å². The van der Waals surface area contributed by atoms with E-state index in [0.29, 0.717) is 29.7 Å². The van der Waals surface area contributed by atoms with Crippen LogP contribution >= 0.6 is 11.8 Å². The van der Waals surface area contributed by atoms with Crippen molar-refractivity contribution in [3.63, 3.8) is 0 Å². The number of nitrogens with one attached hydrogen (secondary N) is 2. The van der Waals surface area contributed by atoms with E-state index < -0.39 is 0 Å². The minimum absolute atomic E-state index is 0.120. The zero-order valence-electron chi connectivity index (χ0n) is 14.8. The first kappa shape index (κ1) is 18.4. The number of rotatable bonds is 8. The molecule has 2 heterocycles. The summed E-state index contributed by atoms with van der Waals surface area (Å²) in [6, 6.07) is 5.58. The van der Waals surface area contributed by atoms with Crippen molar-refractivity contribution in [2.24, 2.45) is 0 Å². The number of thioether (sulfide) groups is 1. The van der Waals surface area contributed by atoms with Gasteiger partial charge in [0.15, 0.2) is 16.7 Å². The Bertz CT molecular complexity index is 832. The predicted octanol–water partition coefficient (Wildman–Crippen LogP) is 1.90. The molecule has 0 aliphatic carbocycles. The monoisotopic (exact) mass is 378 g/mol. The predicted molar refractivity (Wildman–Crippen MR) is 97.5 cm³/mol. The number of amides is 1. The molecular weight excluding hydrogens is 356 g/mol. The molecule has 2 N–H and O–H groups in total. The lowest BCUT2D eigenvalue weighted by Gasteiger charge is -2.12. The van der Waals surface area contributed by atoms with Crippen LogP contribution in [0, 0.1) is 0 Å². The second-order valence-corrected chi connectivity index (χ2v) is 7.29. The van der Waals surface area contributed by atoms with Gasteiger partial charge in [0.25, 0.3) is 0 Å². The highest BCUT2D eigenvalue weighted by molar-refractivity contribution is 8.00. The van der Waals surface area contributed by atoms with Gasteiger partial charge in [-0.25, -0.2) is 9.89 Å². The van der Waals surface area contributed by atoms with Crippen LogP contribution in [0.3, 0.4) is 0 Å². The van der Waals surface area contributed by atoms with Crippen LogP contribution in [-0.2, 0) is 17.9 Å². The smallest absolute Gasteiger partial charge is 0.343 e. The van der Waals surface area contributed by atoms with Crippen molar-refractivity contribution in [2.45, 2.75) is 50.2 Å².